The maximum absolute atomic E-state index is 12.3. The average Bonchev–Trinajstić information content (AvgIpc) is 4.09. The highest BCUT2D eigenvalue weighted by atomic mass is 16.5. The van der Waals surface area contributed by atoms with E-state index in [-0.39, 0.29) is 34.7 Å². The van der Waals surface area contributed by atoms with E-state index in [1.807, 2.05) is 12.1 Å². The maximum atomic E-state index is 12.3. The van der Waals surface area contributed by atoms with Crippen molar-refractivity contribution in [3.8, 4) is 0 Å². The molecule has 6 nitrogen and oxygen atoms in total. The minimum Gasteiger partial charge on any atom is -0.465 e. The monoisotopic (exact) mass is 834 g/mol. The lowest BCUT2D eigenvalue weighted by atomic mass is 9.74. The van der Waals surface area contributed by atoms with Crippen LogP contribution in [0.2, 0.25) is 0 Å². The number of fused-ring (bicyclic) bond motifs is 6. The zero-order chi connectivity index (χ0) is 43.3. The van der Waals surface area contributed by atoms with Crippen LogP contribution in [0.4, 0.5) is 0 Å². The van der Waals surface area contributed by atoms with Crippen LogP contribution < -0.4 is 0 Å². The fraction of sp³-hybridized carbons (Fsp3) is 0.316. The zero-order valence-corrected chi connectivity index (χ0v) is 36.2. The molecule has 3 saturated heterocycles. The van der Waals surface area contributed by atoms with Crippen molar-refractivity contribution in [3.63, 3.8) is 0 Å². The topological polar surface area (TPSA) is 78.9 Å². The van der Waals surface area contributed by atoms with E-state index in [1.165, 1.54) is 65.7 Å². The predicted octanol–water partition coefficient (Wildman–Crippen LogP) is 11.7. The van der Waals surface area contributed by atoms with Gasteiger partial charge >= 0.3 is 17.9 Å². The second kappa shape index (κ2) is 16.1. The highest BCUT2D eigenvalue weighted by molar-refractivity contribution is 5.87. The Kier molecular flexibility index (Phi) is 10.4. The molecule has 0 radical (unpaired) electrons. The normalized spacial score (nSPS) is 27.7. The summed E-state index contributed by atoms with van der Waals surface area (Å²) in [6, 6.07) is 44.5. The van der Waals surface area contributed by atoms with Crippen LogP contribution in [0.5, 0.6) is 0 Å². The zero-order valence-electron chi connectivity index (χ0n) is 36.2. The van der Waals surface area contributed by atoms with Crippen LogP contribution in [0.3, 0.4) is 0 Å². The molecule has 3 aliphatic carbocycles. The summed E-state index contributed by atoms with van der Waals surface area (Å²) in [4.78, 5) is 37.0. The van der Waals surface area contributed by atoms with E-state index in [1.54, 1.807) is 0 Å². The molecular weight excluding hydrogens is 781 g/mol. The van der Waals surface area contributed by atoms with Crippen LogP contribution in [0, 0.1) is 34.0 Å². The van der Waals surface area contributed by atoms with Gasteiger partial charge < -0.3 is 14.2 Å². The first-order valence-electron chi connectivity index (χ1n) is 22.5. The second-order valence-electron chi connectivity index (χ2n) is 19.2. The van der Waals surface area contributed by atoms with Crippen LogP contribution in [0.1, 0.15) is 56.2 Å². The number of rotatable bonds is 6. The van der Waals surface area contributed by atoms with Gasteiger partial charge in [-0.15, -0.1) is 0 Å². The molecule has 6 aliphatic rings. The Morgan fingerprint density at radius 2 is 0.984 bits per heavy atom. The standard InChI is InChI=1S/3C19H18O2/c3*1-13-8-17-12-21-18(20)19(17,10-13)11-14-6-7-15-4-2-3-5-16(15)9-14/h2-7,9-10,17H,8,11-12H2,1H3;2-9,17H,10-12H2,1H3;2-7,9,17H,1,8,10-12H2. The van der Waals surface area contributed by atoms with Crippen LogP contribution in [-0.2, 0) is 47.9 Å². The molecule has 12 rings (SSSR count). The minimum atomic E-state index is -0.424. The summed E-state index contributed by atoms with van der Waals surface area (Å²) in [5, 5.41) is 7.41. The number of hydrogen-bond donors (Lipinski definition) is 0. The Balaban J connectivity index is 0.000000112. The molecule has 6 unspecified atom stereocenters. The van der Waals surface area contributed by atoms with Gasteiger partial charge in [0, 0.05) is 17.8 Å². The Morgan fingerprint density at radius 1 is 0.508 bits per heavy atom. The Hall–Kier alpha value is -6.27. The highest BCUT2D eigenvalue weighted by Crippen LogP contribution is 2.53. The van der Waals surface area contributed by atoms with E-state index < -0.39 is 5.41 Å². The van der Waals surface area contributed by atoms with E-state index in [0.29, 0.717) is 31.7 Å². The van der Waals surface area contributed by atoms with Crippen molar-refractivity contribution in [3.05, 3.63) is 180 Å². The predicted molar refractivity (Wildman–Crippen MR) is 249 cm³/mol. The first-order chi connectivity index (χ1) is 30.5. The SMILES string of the molecule is C=C1CC2COC(=O)C2(Cc2ccc3ccccc3c2)C1.CC1=CC2(Cc3ccc4ccccc4c3)C(=O)OCC2C1.CC1=CC2COC(=O)C2(Cc2ccc3ccccc3c2)C1. The fourth-order valence-electron chi connectivity index (χ4n) is 11.8. The Bertz CT molecular complexity index is 2880. The van der Waals surface area contributed by atoms with Gasteiger partial charge in [-0.25, -0.2) is 0 Å². The maximum Gasteiger partial charge on any atom is 0.316 e. The summed E-state index contributed by atoms with van der Waals surface area (Å²) in [6.45, 7) is 10.0. The first kappa shape index (κ1) is 40.8. The lowest BCUT2D eigenvalue weighted by molar-refractivity contribution is -0.147. The number of carbonyl (C=O) groups excluding carboxylic acids is 3. The van der Waals surface area contributed by atoms with E-state index >= 15 is 0 Å². The van der Waals surface area contributed by atoms with Gasteiger partial charge in [-0.3, -0.25) is 14.4 Å². The molecule has 6 heteroatoms. The number of hydrogen-bond acceptors (Lipinski definition) is 6. The number of ether oxygens (including phenoxy) is 3. The number of allylic oxidation sites excluding steroid dienone is 3. The number of benzene rings is 6. The van der Waals surface area contributed by atoms with E-state index in [2.05, 4.69) is 148 Å². The van der Waals surface area contributed by atoms with Crippen molar-refractivity contribution < 1.29 is 28.6 Å². The lowest BCUT2D eigenvalue weighted by Crippen LogP contribution is -2.32. The third-order valence-electron chi connectivity index (χ3n) is 14.9. The van der Waals surface area contributed by atoms with E-state index in [4.69, 9.17) is 14.2 Å². The number of cyclic esters (lactones) is 3. The summed E-state index contributed by atoms with van der Waals surface area (Å²) in [5.41, 5.74) is 6.34. The van der Waals surface area contributed by atoms with Crippen LogP contribution in [-0.4, -0.2) is 37.7 Å². The average molecular weight is 835 g/mol. The molecule has 0 N–H and O–H groups in total. The summed E-state index contributed by atoms with van der Waals surface area (Å²) in [7, 11) is 0. The fourth-order valence-corrected chi connectivity index (χ4v) is 11.8. The van der Waals surface area contributed by atoms with Gasteiger partial charge in [0.05, 0.1) is 36.1 Å². The summed E-state index contributed by atoms with van der Waals surface area (Å²) >= 11 is 0. The molecule has 0 aromatic heterocycles. The molecule has 0 bridgehead atoms. The van der Waals surface area contributed by atoms with Gasteiger partial charge in [0.1, 0.15) is 0 Å². The lowest BCUT2D eigenvalue weighted by Gasteiger charge is -2.25. The van der Waals surface area contributed by atoms with Gasteiger partial charge in [0.2, 0.25) is 0 Å². The smallest absolute Gasteiger partial charge is 0.316 e. The minimum absolute atomic E-state index is 0.0197. The van der Waals surface area contributed by atoms with Crippen LogP contribution >= 0.6 is 0 Å². The molecule has 1 saturated carbocycles. The first-order valence-corrected chi connectivity index (χ1v) is 22.5. The Morgan fingerprint density at radius 3 is 1.57 bits per heavy atom. The van der Waals surface area contributed by atoms with Gasteiger partial charge in [-0.2, -0.15) is 0 Å². The van der Waals surface area contributed by atoms with Crippen LogP contribution in [0.25, 0.3) is 32.3 Å². The van der Waals surface area contributed by atoms with E-state index in [0.717, 1.165) is 44.9 Å². The Labute approximate surface area is 369 Å². The van der Waals surface area contributed by atoms with Gasteiger partial charge in [0.15, 0.2) is 0 Å². The second-order valence-corrected chi connectivity index (χ2v) is 19.2. The summed E-state index contributed by atoms with van der Waals surface area (Å²) < 4.78 is 16.0. The largest absolute Gasteiger partial charge is 0.465 e. The summed E-state index contributed by atoms with van der Waals surface area (Å²) in [6.07, 6.45) is 10.2. The molecule has 6 aromatic rings. The third-order valence-corrected chi connectivity index (χ3v) is 14.9. The molecule has 3 heterocycles. The molecule has 4 fully saturated rings. The van der Waals surface area contributed by atoms with Crippen LogP contribution in [0.15, 0.2) is 163 Å². The van der Waals surface area contributed by atoms with Crippen molar-refractivity contribution in [1.82, 2.24) is 0 Å². The van der Waals surface area contributed by atoms with Crippen molar-refractivity contribution in [2.45, 2.75) is 58.8 Å². The number of carbonyl (C=O) groups is 3. The highest BCUT2D eigenvalue weighted by Gasteiger charge is 2.57. The molecule has 63 heavy (non-hydrogen) atoms. The molecule has 0 amide bonds. The molecule has 318 valence electrons. The third kappa shape index (κ3) is 7.47. The van der Waals surface area contributed by atoms with Gasteiger partial charge in [0.25, 0.3) is 0 Å². The van der Waals surface area contributed by atoms with Crippen molar-refractivity contribution in [1.29, 1.82) is 0 Å². The van der Waals surface area contributed by atoms with Gasteiger partial charge in [-0.1, -0.05) is 163 Å². The van der Waals surface area contributed by atoms with Crippen molar-refractivity contribution >= 4 is 50.2 Å². The van der Waals surface area contributed by atoms with Crippen molar-refractivity contribution in [2.24, 2.45) is 34.0 Å². The summed E-state index contributed by atoms with van der Waals surface area (Å²) in [5.74, 6) is 0.780. The molecule has 6 atom stereocenters. The molecular formula is C57H54O6. The molecule has 6 aromatic carbocycles. The molecule has 0 spiro atoms. The van der Waals surface area contributed by atoms with Crippen molar-refractivity contribution in [2.75, 3.05) is 19.8 Å². The number of esters is 3. The quantitative estimate of drug-likeness (QED) is 0.0945. The van der Waals surface area contributed by atoms with E-state index in [9.17, 15) is 14.4 Å². The molecule has 3 aliphatic heterocycles. The van der Waals surface area contributed by atoms with Gasteiger partial charge in [-0.05, 0) is 108 Å².